The van der Waals surface area contributed by atoms with Crippen molar-refractivity contribution in [2.45, 2.75) is 10.8 Å². The van der Waals surface area contributed by atoms with Crippen LogP contribution in [0.2, 0.25) is 0 Å². The Balaban J connectivity index is 2.02. The highest BCUT2D eigenvalue weighted by Gasteiger charge is 2.53. The van der Waals surface area contributed by atoms with Crippen LogP contribution in [0.4, 0.5) is 11.4 Å². The van der Waals surface area contributed by atoms with Crippen LogP contribution in [-0.2, 0) is 10.0 Å². The lowest BCUT2D eigenvalue weighted by Crippen LogP contribution is -2.19. The van der Waals surface area contributed by atoms with Gasteiger partial charge in [-0.3, -0.25) is 14.8 Å². The molecule has 104 valence electrons. The molecule has 2 rings (SSSR count). The highest BCUT2D eigenvalue weighted by atomic mass is 35.5. The summed E-state index contributed by atoms with van der Waals surface area (Å²) in [6, 6.07) is 5.11. The van der Waals surface area contributed by atoms with Crippen molar-refractivity contribution in [2.24, 2.45) is 5.92 Å². The molecule has 0 spiro atoms. The van der Waals surface area contributed by atoms with Crippen molar-refractivity contribution in [1.82, 2.24) is 0 Å². The first-order valence-corrected chi connectivity index (χ1v) is 7.73. The number of sulfonamides is 1. The van der Waals surface area contributed by atoms with E-state index in [-0.39, 0.29) is 23.0 Å². The molecule has 0 aromatic heterocycles. The lowest BCUT2D eigenvalue weighted by Gasteiger charge is -2.07. The van der Waals surface area contributed by atoms with E-state index in [0.717, 1.165) is 0 Å². The van der Waals surface area contributed by atoms with Gasteiger partial charge in [-0.1, -0.05) is 0 Å². The molecule has 0 unspecified atom stereocenters. The number of rotatable bonds is 5. The first-order valence-electron chi connectivity index (χ1n) is 5.32. The topological polar surface area (TPSA) is 89.3 Å². The molecule has 1 aliphatic rings. The maximum Gasteiger partial charge on any atom is 0.269 e. The van der Waals surface area contributed by atoms with Gasteiger partial charge in [-0.15, -0.1) is 23.2 Å². The van der Waals surface area contributed by atoms with Crippen LogP contribution in [0.1, 0.15) is 6.42 Å². The van der Waals surface area contributed by atoms with Gasteiger partial charge in [-0.05, 0) is 18.6 Å². The summed E-state index contributed by atoms with van der Waals surface area (Å²) in [4.78, 5) is 9.90. The van der Waals surface area contributed by atoms with Crippen LogP contribution in [0, 0.1) is 16.0 Å². The zero-order valence-electron chi connectivity index (χ0n) is 9.55. The number of anilines is 1. The monoisotopic (exact) mass is 324 g/mol. The number of halogens is 2. The van der Waals surface area contributed by atoms with Crippen LogP contribution >= 0.6 is 23.2 Å². The molecule has 19 heavy (non-hydrogen) atoms. The maximum absolute atomic E-state index is 11.8. The first-order chi connectivity index (χ1) is 8.70. The molecule has 1 aliphatic carbocycles. The van der Waals surface area contributed by atoms with Crippen LogP contribution in [0.3, 0.4) is 0 Å². The Morgan fingerprint density at radius 3 is 2.32 bits per heavy atom. The molecule has 1 fully saturated rings. The Labute approximate surface area is 119 Å². The van der Waals surface area contributed by atoms with Gasteiger partial charge in [0, 0.05) is 23.7 Å². The molecular weight excluding hydrogens is 315 g/mol. The summed E-state index contributed by atoms with van der Waals surface area (Å²) in [7, 11) is -3.56. The Morgan fingerprint density at radius 2 is 1.89 bits per heavy atom. The van der Waals surface area contributed by atoms with Crippen molar-refractivity contribution < 1.29 is 13.3 Å². The number of benzene rings is 1. The smallest absolute Gasteiger partial charge is 0.269 e. The Hall–Kier alpha value is -1.05. The third kappa shape index (κ3) is 3.71. The molecule has 0 radical (unpaired) electrons. The summed E-state index contributed by atoms with van der Waals surface area (Å²) in [5.41, 5.74) is 0.159. The third-order valence-electron chi connectivity index (χ3n) is 2.73. The van der Waals surface area contributed by atoms with E-state index in [1.54, 1.807) is 0 Å². The molecule has 0 heterocycles. The third-order valence-corrected chi connectivity index (χ3v) is 5.04. The average Bonchev–Trinajstić information content (AvgIpc) is 2.84. The second kappa shape index (κ2) is 4.81. The number of alkyl halides is 2. The zero-order valence-corrected chi connectivity index (χ0v) is 11.9. The number of nitrogens with one attached hydrogen (secondary N) is 1. The Kier molecular flexibility index (Phi) is 3.63. The molecular formula is C10H10Cl2N2O4S. The SMILES string of the molecule is O=[N+]([O-])c1ccc(NS(=O)(=O)C[C@@H]2CC2(Cl)Cl)cc1. The molecule has 1 aromatic rings. The fourth-order valence-corrected chi connectivity index (χ4v) is 3.81. The van der Waals surface area contributed by atoms with E-state index in [0.29, 0.717) is 6.42 Å². The minimum Gasteiger partial charge on any atom is -0.284 e. The van der Waals surface area contributed by atoms with Crippen molar-refractivity contribution in [3.8, 4) is 0 Å². The van der Waals surface area contributed by atoms with Gasteiger partial charge in [0.25, 0.3) is 5.69 Å². The van der Waals surface area contributed by atoms with Gasteiger partial charge >= 0.3 is 0 Å². The summed E-state index contributed by atoms with van der Waals surface area (Å²) in [5.74, 6) is -0.455. The van der Waals surface area contributed by atoms with Gasteiger partial charge in [0.05, 0.1) is 10.7 Å². The summed E-state index contributed by atoms with van der Waals surface area (Å²) in [5, 5.41) is 10.5. The van der Waals surface area contributed by atoms with Crippen LogP contribution in [0.15, 0.2) is 24.3 Å². The molecule has 6 nitrogen and oxygen atoms in total. The molecule has 0 amide bonds. The van der Waals surface area contributed by atoms with Gasteiger partial charge < -0.3 is 0 Å². The molecule has 1 aromatic carbocycles. The fourth-order valence-electron chi connectivity index (χ4n) is 1.59. The van der Waals surface area contributed by atoms with E-state index in [9.17, 15) is 18.5 Å². The van der Waals surface area contributed by atoms with Gasteiger partial charge in [-0.25, -0.2) is 8.42 Å². The molecule has 9 heteroatoms. The average molecular weight is 325 g/mol. The normalized spacial score (nSPS) is 20.8. The first kappa shape index (κ1) is 14.4. The minimum atomic E-state index is -3.56. The summed E-state index contributed by atoms with van der Waals surface area (Å²) < 4.78 is 25.0. The van der Waals surface area contributed by atoms with Crippen molar-refractivity contribution in [1.29, 1.82) is 0 Å². The molecule has 0 saturated heterocycles. The standard InChI is InChI=1S/C10H10Cl2N2O4S/c11-10(12)5-7(10)6-19(17,18)13-8-1-3-9(4-2-8)14(15)16/h1-4,7,13H,5-6H2/t7-/m0/s1. The quantitative estimate of drug-likeness (QED) is 0.512. The van der Waals surface area contributed by atoms with Crippen LogP contribution < -0.4 is 4.72 Å². The van der Waals surface area contributed by atoms with Gasteiger partial charge in [0.2, 0.25) is 10.0 Å². The van der Waals surface area contributed by atoms with E-state index >= 15 is 0 Å². The number of nitro benzene ring substituents is 1. The largest absolute Gasteiger partial charge is 0.284 e. The van der Waals surface area contributed by atoms with Crippen LogP contribution in [0.5, 0.6) is 0 Å². The molecule has 1 N–H and O–H groups in total. The molecule has 0 bridgehead atoms. The second-order valence-electron chi connectivity index (χ2n) is 4.35. The van der Waals surface area contributed by atoms with Gasteiger partial charge in [0.1, 0.15) is 4.33 Å². The van der Waals surface area contributed by atoms with E-state index < -0.39 is 19.3 Å². The van der Waals surface area contributed by atoms with E-state index in [1.807, 2.05) is 0 Å². The number of hydrogen-bond acceptors (Lipinski definition) is 4. The number of nitrogens with zero attached hydrogens (tertiary/aromatic N) is 1. The maximum atomic E-state index is 11.8. The lowest BCUT2D eigenvalue weighted by atomic mass is 10.3. The number of nitro groups is 1. The predicted octanol–water partition coefficient (Wildman–Crippen LogP) is 2.53. The number of hydrogen-bond donors (Lipinski definition) is 1. The minimum absolute atomic E-state index is 0.106. The van der Waals surface area contributed by atoms with Gasteiger partial charge in [0.15, 0.2) is 0 Å². The summed E-state index contributed by atoms with van der Waals surface area (Å²) in [6.07, 6.45) is 0.442. The molecule has 1 atom stereocenters. The predicted molar refractivity (Wildman–Crippen MR) is 73.0 cm³/mol. The molecule has 0 aliphatic heterocycles. The molecule has 1 saturated carbocycles. The van der Waals surface area contributed by atoms with Crippen molar-refractivity contribution in [3.63, 3.8) is 0 Å². The highest BCUT2D eigenvalue weighted by molar-refractivity contribution is 7.92. The number of non-ortho nitro benzene ring substituents is 1. The Morgan fingerprint density at radius 1 is 1.37 bits per heavy atom. The fraction of sp³-hybridized carbons (Fsp3) is 0.400. The van der Waals surface area contributed by atoms with Crippen molar-refractivity contribution in [3.05, 3.63) is 34.4 Å². The highest BCUT2D eigenvalue weighted by Crippen LogP contribution is 2.53. The van der Waals surface area contributed by atoms with Crippen molar-refractivity contribution >= 4 is 44.6 Å². The Bertz CT molecular complexity index is 600. The zero-order chi connectivity index (χ0) is 14.3. The van der Waals surface area contributed by atoms with Crippen molar-refractivity contribution in [2.75, 3.05) is 10.5 Å². The lowest BCUT2D eigenvalue weighted by molar-refractivity contribution is -0.384. The van der Waals surface area contributed by atoms with Gasteiger partial charge in [-0.2, -0.15) is 0 Å². The van der Waals surface area contributed by atoms with Crippen LogP contribution in [0.25, 0.3) is 0 Å². The van der Waals surface area contributed by atoms with E-state index in [1.165, 1.54) is 24.3 Å². The second-order valence-corrected chi connectivity index (χ2v) is 7.66. The summed E-state index contributed by atoms with van der Waals surface area (Å²) in [6.45, 7) is 0. The van der Waals surface area contributed by atoms with E-state index in [4.69, 9.17) is 23.2 Å². The van der Waals surface area contributed by atoms with E-state index in [2.05, 4.69) is 4.72 Å². The summed E-state index contributed by atoms with van der Waals surface area (Å²) >= 11 is 11.5. The van der Waals surface area contributed by atoms with Crippen LogP contribution in [-0.4, -0.2) is 23.4 Å².